The van der Waals surface area contributed by atoms with Crippen LogP contribution in [0.4, 0.5) is 0 Å². The molecule has 0 bridgehead atoms. The van der Waals surface area contributed by atoms with Gasteiger partial charge < -0.3 is 5.73 Å². The average molecular weight is 312 g/mol. The summed E-state index contributed by atoms with van der Waals surface area (Å²) in [6.45, 7) is 8.00. The molecule has 0 saturated heterocycles. The highest BCUT2D eigenvalue weighted by Crippen LogP contribution is 2.33. The standard InChI is InChI=1S/C15H12N2S.2C2H6/c16-15(17)14-9-12-11(7-4-8-13(12)18-14)10-5-2-1-3-6-10;2*1-2/h1-9H,(H3,16,17);2*1-2H3. The van der Waals surface area contributed by atoms with Crippen LogP contribution in [-0.2, 0) is 0 Å². The molecule has 0 saturated carbocycles. The van der Waals surface area contributed by atoms with Gasteiger partial charge in [0.05, 0.1) is 4.88 Å². The van der Waals surface area contributed by atoms with Crippen LogP contribution in [0.15, 0.2) is 54.6 Å². The van der Waals surface area contributed by atoms with Crippen molar-refractivity contribution in [3.05, 3.63) is 59.5 Å². The first-order valence-electron chi connectivity index (χ1n) is 7.68. The van der Waals surface area contributed by atoms with E-state index in [4.69, 9.17) is 11.1 Å². The number of rotatable bonds is 2. The Balaban J connectivity index is 0.000000561. The molecule has 0 aliphatic rings. The van der Waals surface area contributed by atoms with Crippen molar-refractivity contribution >= 4 is 27.3 Å². The van der Waals surface area contributed by atoms with E-state index in [1.165, 1.54) is 21.2 Å². The summed E-state index contributed by atoms with van der Waals surface area (Å²) >= 11 is 1.56. The first-order valence-corrected chi connectivity index (χ1v) is 8.50. The molecule has 1 aromatic heterocycles. The Hall–Kier alpha value is -2.13. The van der Waals surface area contributed by atoms with Crippen molar-refractivity contribution in [2.45, 2.75) is 27.7 Å². The summed E-state index contributed by atoms with van der Waals surface area (Å²) in [7, 11) is 0. The van der Waals surface area contributed by atoms with E-state index in [0.717, 1.165) is 4.88 Å². The maximum atomic E-state index is 7.53. The van der Waals surface area contributed by atoms with Crippen LogP contribution < -0.4 is 5.73 Å². The van der Waals surface area contributed by atoms with Crippen LogP contribution in [0.2, 0.25) is 0 Å². The topological polar surface area (TPSA) is 49.9 Å². The smallest absolute Gasteiger partial charge is 0.133 e. The molecule has 0 aliphatic carbocycles. The zero-order chi connectivity index (χ0) is 16.5. The van der Waals surface area contributed by atoms with Crippen LogP contribution in [0.3, 0.4) is 0 Å². The Morgan fingerprint density at radius 3 is 2.14 bits per heavy atom. The van der Waals surface area contributed by atoms with Crippen LogP contribution in [-0.4, -0.2) is 5.84 Å². The molecule has 3 rings (SSSR count). The maximum absolute atomic E-state index is 7.53. The second-order valence-corrected chi connectivity index (χ2v) is 5.19. The molecule has 0 amide bonds. The van der Waals surface area contributed by atoms with Crippen molar-refractivity contribution in [2.24, 2.45) is 5.73 Å². The van der Waals surface area contributed by atoms with E-state index >= 15 is 0 Å². The van der Waals surface area contributed by atoms with Gasteiger partial charge >= 0.3 is 0 Å². The lowest BCUT2D eigenvalue weighted by Crippen LogP contribution is -2.08. The number of benzene rings is 2. The first kappa shape index (κ1) is 17.9. The van der Waals surface area contributed by atoms with Gasteiger partial charge in [0.1, 0.15) is 5.84 Å². The third-order valence-electron chi connectivity index (χ3n) is 2.91. The van der Waals surface area contributed by atoms with E-state index in [0.29, 0.717) is 0 Å². The van der Waals surface area contributed by atoms with E-state index in [1.807, 2.05) is 58.0 Å². The van der Waals surface area contributed by atoms with Crippen molar-refractivity contribution < 1.29 is 0 Å². The lowest BCUT2D eigenvalue weighted by atomic mass is 10.0. The normalized spacial score (nSPS) is 9.27. The van der Waals surface area contributed by atoms with Crippen molar-refractivity contribution in [2.75, 3.05) is 0 Å². The molecule has 1 heterocycles. The monoisotopic (exact) mass is 312 g/mol. The fraction of sp³-hybridized carbons (Fsp3) is 0.211. The Morgan fingerprint density at radius 2 is 1.55 bits per heavy atom. The highest BCUT2D eigenvalue weighted by Gasteiger charge is 2.08. The van der Waals surface area contributed by atoms with Gasteiger partial charge in [-0.05, 0) is 23.3 Å². The molecule has 0 radical (unpaired) electrons. The van der Waals surface area contributed by atoms with Gasteiger partial charge in [-0.15, -0.1) is 11.3 Å². The molecule has 0 spiro atoms. The molecule has 22 heavy (non-hydrogen) atoms. The highest BCUT2D eigenvalue weighted by atomic mass is 32.1. The van der Waals surface area contributed by atoms with Gasteiger partial charge in [-0.2, -0.15) is 0 Å². The van der Waals surface area contributed by atoms with Crippen molar-refractivity contribution in [1.29, 1.82) is 5.41 Å². The van der Waals surface area contributed by atoms with Crippen LogP contribution in [0.25, 0.3) is 21.2 Å². The molecule has 2 aromatic carbocycles. The zero-order valence-electron chi connectivity index (χ0n) is 13.7. The van der Waals surface area contributed by atoms with E-state index in [1.54, 1.807) is 11.3 Å². The SMILES string of the molecule is CC.CC.N=C(N)c1cc2c(-c3ccccc3)cccc2s1. The number of amidine groups is 1. The number of nitrogens with one attached hydrogen (secondary N) is 1. The van der Waals surface area contributed by atoms with Crippen LogP contribution in [0.1, 0.15) is 32.6 Å². The number of nitrogen functional groups attached to an aromatic ring is 1. The number of thiophene rings is 1. The molecule has 0 fully saturated rings. The minimum absolute atomic E-state index is 0.134. The zero-order valence-corrected chi connectivity index (χ0v) is 14.5. The van der Waals surface area contributed by atoms with Gasteiger partial charge in [0.15, 0.2) is 0 Å². The molecule has 116 valence electrons. The third-order valence-corrected chi connectivity index (χ3v) is 4.05. The second-order valence-electron chi connectivity index (χ2n) is 4.11. The summed E-state index contributed by atoms with van der Waals surface area (Å²) in [6.07, 6.45) is 0. The number of hydrogen-bond acceptors (Lipinski definition) is 2. The predicted molar refractivity (Wildman–Crippen MR) is 101 cm³/mol. The Bertz CT molecular complexity index is 715. The Kier molecular flexibility index (Phi) is 7.33. The molecule has 3 heteroatoms. The highest BCUT2D eigenvalue weighted by molar-refractivity contribution is 7.20. The van der Waals surface area contributed by atoms with E-state index < -0.39 is 0 Å². The van der Waals surface area contributed by atoms with E-state index in [9.17, 15) is 0 Å². The summed E-state index contributed by atoms with van der Waals surface area (Å²) in [5.41, 5.74) is 7.94. The lowest BCUT2D eigenvalue weighted by Gasteiger charge is -2.02. The summed E-state index contributed by atoms with van der Waals surface area (Å²) < 4.78 is 1.17. The molecule has 0 aliphatic heterocycles. The number of hydrogen-bond donors (Lipinski definition) is 2. The quantitative estimate of drug-likeness (QED) is 0.449. The second kappa shape index (κ2) is 9.00. The fourth-order valence-corrected chi connectivity index (χ4v) is 3.01. The van der Waals surface area contributed by atoms with Gasteiger partial charge in [-0.1, -0.05) is 70.2 Å². The van der Waals surface area contributed by atoms with Crippen LogP contribution >= 0.6 is 11.3 Å². The number of nitrogens with two attached hydrogens (primary N) is 1. The summed E-state index contributed by atoms with van der Waals surface area (Å²) in [5.74, 6) is 0.134. The molecule has 2 nitrogen and oxygen atoms in total. The van der Waals surface area contributed by atoms with Crippen LogP contribution in [0.5, 0.6) is 0 Å². The number of fused-ring (bicyclic) bond motifs is 1. The molecule has 0 atom stereocenters. The molecule has 0 unspecified atom stereocenters. The van der Waals surface area contributed by atoms with Gasteiger partial charge in [0, 0.05) is 10.1 Å². The summed E-state index contributed by atoms with van der Waals surface area (Å²) in [4.78, 5) is 0.827. The van der Waals surface area contributed by atoms with Gasteiger partial charge in [-0.3, -0.25) is 5.41 Å². The minimum Gasteiger partial charge on any atom is -0.383 e. The van der Waals surface area contributed by atoms with Gasteiger partial charge in [0.2, 0.25) is 0 Å². The third kappa shape index (κ3) is 3.95. The maximum Gasteiger partial charge on any atom is 0.133 e. The fourth-order valence-electron chi connectivity index (χ4n) is 2.06. The summed E-state index contributed by atoms with van der Waals surface area (Å²) in [5, 5.41) is 8.70. The first-order chi connectivity index (χ1) is 10.8. The van der Waals surface area contributed by atoms with E-state index in [2.05, 4.69) is 24.3 Å². The minimum atomic E-state index is 0.134. The average Bonchev–Trinajstić information content (AvgIpc) is 3.04. The van der Waals surface area contributed by atoms with Crippen molar-refractivity contribution in [3.63, 3.8) is 0 Å². The van der Waals surface area contributed by atoms with Gasteiger partial charge in [0.25, 0.3) is 0 Å². The molecular formula is C19H24N2S. The molecule has 3 N–H and O–H groups in total. The van der Waals surface area contributed by atoms with Crippen molar-refractivity contribution in [1.82, 2.24) is 0 Å². The largest absolute Gasteiger partial charge is 0.383 e. The summed E-state index contributed by atoms with van der Waals surface area (Å²) in [6, 6.07) is 18.5. The lowest BCUT2D eigenvalue weighted by molar-refractivity contribution is 1.46. The predicted octanol–water partition coefficient (Wildman–Crippen LogP) is 5.90. The van der Waals surface area contributed by atoms with Gasteiger partial charge in [-0.25, -0.2) is 0 Å². The Labute approximate surface area is 137 Å². The molecular weight excluding hydrogens is 288 g/mol. The Morgan fingerprint density at radius 1 is 0.909 bits per heavy atom. The van der Waals surface area contributed by atoms with Crippen LogP contribution in [0, 0.1) is 5.41 Å². The van der Waals surface area contributed by atoms with Crippen molar-refractivity contribution in [3.8, 4) is 11.1 Å². The van der Waals surface area contributed by atoms with E-state index in [-0.39, 0.29) is 5.84 Å². The molecule has 3 aromatic rings.